The number of ether oxygens (including phenoxy) is 7. The summed E-state index contributed by atoms with van der Waals surface area (Å²) < 4.78 is 46.0. The first-order chi connectivity index (χ1) is 36.3. The summed E-state index contributed by atoms with van der Waals surface area (Å²) in [5.74, 6) is -1.54. The Kier molecular flexibility index (Phi) is 21.8. The molecule has 2 aromatic carbocycles. The number of fused-ring (bicyclic) bond motifs is 2. The highest BCUT2D eigenvalue weighted by Gasteiger charge is 2.45. The average molecular weight is 1030 g/mol. The maximum Gasteiger partial charge on any atom is 0.264 e. The Morgan fingerprint density at radius 3 is 2.00 bits per heavy atom. The molecule has 2 aliphatic heterocycles. The number of anilines is 2. The summed E-state index contributed by atoms with van der Waals surface area (Å²) >= 11 is 0. The maximum atomic E-state index is 13.2. The molecular weight excluding hydrogens is 965 g/mol. The molecule has 5 aromatic rings. The first-order valence-electron chi connectivity index (χ1n) is 24.5. The summed E-state index contributed by atoms with van der Waals surface area (Å²) in [7, 11) is 0. The number of piperidine rings is 1. The van der Waals surface area contributed by atoms with Crippen LogP contribution in [0.15, 0.2) is 77.8 Å². The fourth-order valence-electron chi connectivity index (χ4n) is 7.75. The van der Waals surface area contributed by atoms with Crippen molar-refractivity contribution < 1.29 is 66.3 Å². The van der Waals surface area contributed by atoms with Crippen LogP contribution in [0.5, 0.6) is 0 Å². The highest BCUT2D eigenvalue weighted by molar-refractivity contribution is 6.25. The van der Waals surface area contributed by atoms with Gasteiger partial charge in [-0.3, -0.25) is 43.4 Å². The third-order valence-electron chi connectivity index (χ3n) is 11.5. The lowest BCUT2D eigenvalue weighted by atomic mass is 10.0. The van der Waals surface area contributed by atoms with Gasteiger partial charge in [-0.2, -0.15) is 0 Å². The van der Waals surface area contributed by atoms with E-state index in [4.69, 9.17) is 37.6 Å². The van der Waals surface area contributed by atoms with Gasteiger partial charge in [0.2, 0.25) is 23.7 Å². The fraction of sp³-hybridized carbons (Fsp3) is 0.460. The minimum Gasteiger partial charge on any atom is -0.467 e. The highest BCUT2D eigenvalue weighted by atomic mass is 16.6. The van der Waals surface area contributed by atoms with Crippen molar-refractivity contribution in [2.45, 2.75) is 38.3 Å². The van der Waals surface area contributed by atoms with Gasteiger partial charge in [-0.15, -0.1) is 10.2 Å². The lowest BCUT2D eigenvalue weighted by molar-refractivity contribution is -0.136. The summed E-state index contributed by atoms with van der Waals surface area (Å²) in [5, 5.41) is 22.3. The number of nitrogens with one attached hydrogen (secondary N) is 5. The second kappa shape index (κ2) is 29.5. The largest absolute Gasteiger partial charge is 0.467 e. The van der Waals surface area contributed by atoms with Crippen LogP contribution >= 0.6 is 0 Å². The van der Waals surface area contributed by atoms with Crippen molar-refractivity contribution in [2.24, 2.45) is 0 Å². The Labute approximate surface area is 426 Å². The zero-order valence-electron chi connectivity index (χ0n) is 41.0. The predicted octanol–water partition coefficient (Wildman–Crippen LogP) is 2.25. The van der Waals surface area contributed by atoms with E-state index in [2.05, 4.69) is 41.8 Å². The second-order valence-electron chi connectivity index (χ2n) is 16.7. The standard InChI is InChI=1S/C50H62N10O14/c61-42-13-12-41(47(64)57-42)60-48(65)38-6-3-7-40(44(38)49(60)66)53-33-43(62)51-14-1-2-16-67-19-21-69-23-25-71-27-29-73-30-28-72-26-24-70-22-20-68-18-15-52-46(63)36-10-8-35(9-11-36)39-32-55-50(59-34-56-58-45(39)59)54-31-37-5-4-17-74-37/h3-11,17,32,34,41,53H,1-2,12-16,18-31,33H2,(H,51,62)(H,52,63)(H,54,55)(H,57,61,64). The molecule has 1 fully saturated rings. The van der Waals surface area contributed by atoms with Gasteiger partial charge in [0.15, 0.2) is 5.65 Å². The predicted molar refractivity (Wildman–Crippen MR) is 264 cm³/mol. The number of carbonyl (C=O) groups is 6. The number of unbranched alkanes of at least 4 members (excludes halogenated alkanes) is 1. The number of furan rings is 1. The van der Waals surface area contributed by atoms with Gasteiger partial charge in [0.05, 0.1) is 116 Å². The van der Waals surface area contributed by atoms with E-state index in [0.29, 0.717) is 141 Å². The molecule has 5 N–H and O–H groups in total. The fourth-order valence-corrected chi connectivity index (χ4v) is 7.75. The first-order valence-corrected chi connectivity index (χ1v) is 24.5. The third kappa shape index (κ3) is 16.2. The molecule has 0 radical (unpaired) electrons. The van der Waals surface area contributed by atoms with E-state index in [1.807, 2.05) is 24.3 Å². The Balaban J connectivity index is 0.592. The normalized spacial score (nSPS) is 14.4. The topological polar surface area (TPSA) is 287 Å². The highest BCUT2D eigenvalue weighted by Crippen LogP contribution is 2.32. The Bertz CT molecular complexity index is 2610. The molecule has 1 atom stereocenters. The van der Waals surface area contributed by atoms with Crippen molar-refractivity contribution in [3.63, 3.8) is 0 Å². The van der Waals surface area contributed by atoms with E-state index >= 15 is 0 Å². The molecule has 6 amide bonds. The zero-order valence-corrected chi connectivity index (χ0v) is 41.0. The maximum absolute atomic E-state index is 13.2. The molecule has 2 aliphatic rings. The van der Waals surface area contributed by atoms with Crippen LogP contribution in [0, 0.1) is 0 Å². The smallest absolute Gasteiger partial charge is 0.264 e. The monoisotopic (exact) mass is 1030 g/mol. The molecule has 1 unspecified atom stereocenters. The number of hydrogen-bond acceptors (Lipinski definition) is 19. The molecule has 74 heavy (non-hydrogen) atoms. The average Bonchev–Trinajstić information content (AvgIpc) is 4.18. The minimum absolute atomic E-state index is 0.0265. The Morgan fingerprint density at radius 1 is 0.689 bits per heavy atom. The van der Waals surface area contributed by atoms with Crippen molar-refractivity contribution in [1.29, 1.82) is 0 Å². The summed E-state index contributed by atoms with van der Waals surface area (Å²) in [6, 6.07) is 14.5. The minimum atomic E-state index is -1.07. The third-order valence-corrected chi connectivity index (χ3v) is 11.5. The van der Waals surface area contributed by atoms with E-state index in [1.54, 1.807) is 47.5 Å². The molecule has 0 bridgehead atoms. The molecule has 7 rings (SSSR count). The summed E-state index contributed by atoms with van der Waals surface area (Å²) in [5.41, 5.74) is 3.31. The molecule has 1 saturated heterocycles. The van der Waals surface area contributed by atoms with E-state index < -0.39 is 29.7 Å². The van der Waals surface area contributed by atoms with Crippen molar-refractivity contribution in [3.8, 4) is 11.1 Å². The van der Waals surface area contributed by atoms with E-state index in [9.17, 15) is 28.8 Å². The number of rotatable bonds is 35. The number of amides is 6. The molecule has 0 saturated carbocycles. The Morgan fingerprint density at radius 2 is 1.35 bits per heavy atom. The van der Waals surface area contributed by atoms with Gasteiger partial charge >= 0.3 is 0 Å². The van der Waals surface area contributed by atoms with Gasteiger partial charge in [0.25, 0.3) is 17.7 Å². The second-order valence-corrected chi connectivity index (χ2v) is 16.7. The molecule has 3 aromatic heterocycles. The first kappa shape index (κ1) is 54.6. The summed E-state index contributed by atoms with van der Waals surface area (Å²) in [6.45, 7) is 7.06. The van der Waals surface area contributed by atoms with Crippen LogP contribution < -0.4 is 26.6 Å². The SMILES string of the molecule is O=C(CNc1cccc2c1C(=O)N(C1CCC(=O)NC1=O)C2=O)NCCCCOCCOCCOCCOCCOCCOCCOCCNC(=O)c1ccc(-c2cnc(NCc3ccco3)n3cnnc23)cc1. The number of nitrogens with zero attached hydrogens (tertiary/aromatic N) is 5. The molecule has 396 valence electrons. The number of imide groups is 2. The Hall–Kier alpha value is -7.19. The quantitative estimate of drug-likeness (QED) is 0.0287. The number of benzene rings is 2. The number of carbonyl (C=O) groups excluding carboxylic acids is 6. The van der Waals surface area contributed by atoms with Gasteiger partial charge in [0.1, 0.15) is 18.1 Å². The molecule has 0 aliphatic carbocycles. The van der Waals surface area contributed by atoms with Crippen LogP contribution in [0.25, 0.3) is 16.8 Å². The van der Waals surface area contributed by atoms with Crippen LogP contribution in [-0.2, 0) is 54.1 Å². The summed E-state index contributed by atoms with van der Waals surface area (Å²) in [4.78, 5) is 80.7. The van der Waals surface area contributed by atoms with Crippen molar-refractivity contribution >= 4 is 52.7 Å². The molecule has 0 spiro atoms. The van der Waals surface area contributed by atoms with Gasteiger partial charge < -0.3 is 58.8 Å². The van der Waals surface area contributed by atoms with Gasteiger partial charge in [-0.1, -0.05) is 18.2 Å². The lowest BCUT2D eigenvalue weighted by Crippen LogP contribution is -2.54. The van der Waals surface area contributed by atoms with Crippen LogP contribution in [0.2, 0.25) is 0 Å². The van der Waals surface area contributed by atoms with E-state index in [0.717, 1.165) is 28.2 Å². The van der Waals surface area contributed by atoms with Crippen LogP contribution in [-0.4, -0.2) is 178 Å². The summed E-state index contributed by atoms with van der Waals surface area (Å²) in [6.07, 6.45) is 6.44. The van der Waals surface area contributed by atoms with Gasteiger partial charge in [-0.05, 0) is 61.2 Å². The zero-order chi connectivity index (χ0) is 51.7. The molecule has 5 heterocycles. The lowest BCUT2D eigenvalue weighted by Gasteiger charge is -2.27. The van der Waals surface area contributed by atoms with Crippen LogP contribution in [0.3, 0.4) is 0 Å². The van der Waals surface area contributed by atoms with E-state index in [1.165, 1.54) is 6.07 Å². The van der Waals surface area contributed by atoms with Crippen LogP contribution in [0.1, 0.15) is 62.5 Å². The van der Waals surface area contributed by atoms with E-state index in [-0.39, 0.29) is 42.3 Å². The molecule has 24 nitrogen and oxygen atoms in total. The van der Waals surface area contributed by atoms with Crippen molar-refractivity contribution in [1.82, 2.24) is 40.4 Å². The van der Waals surface area contributed by atoms with Gasteiger partial charge in [0, 0.05) is 49.1 Å². The van der Waals surface area contributed by atoms with Gasteiger partial charge in [-0.25, -0.2) is 4.98 Å². The molecule has 24 heteroatoms. The number of aromatic nitrogens is 4. The van der Waals surface area contributed by atoms with Crippen LogP contribution in [0.4, 0.5) is 11.6 Å². The van der Waals surface area contributed by atoms with Crippen molar-refractivity contribution in [2.75, 3.05) is 123 Å². The van der Waals surface area contributed by atoms with Crippen molar-refractivity contribution in [3.05, 3.63) is 95.8 Å². The molecular formula is C50H62N10O14. The number of hydrogen-bond donors (Lipinski definition) is 5.